The van der Waals surface area contributed by atoms with Crippen LogP contribution in [-0.2, 0) is 0 Å². The zero-order valence-corrected chi connectivity index (χ0v) is 11.3. The van der Waals surface area contributed by atoms with Crippen molar-refractivity contribution in [3.8, 4) is 0 Å². The molecule has 2 heteroatoms. The highest BCUT2D eigenvalue weighted by Crippen LogP contribution is 2.32. The Morgan fingerprint density at radius 2 is 1.69 bits per heavy atom. The van der Waals surface area contributed by atoms with Crippen LogP contribution < -0.4 is 0 Å². The van der Waals surface area contributed by atoms with Crippen LogP contribution in [0, 0.1) is 6.92 Å². The molecule has 2 aromatic carbocycles. The molecule has 1 unspecified atom stereocenters. The normalized spacial score (nSPS) is 12.4. The highest BCUT2D eigenvalue weighted by molar-refractivity contribution is 9.09. The summed E-state index contributed by atoms with van der Waals surface area (Å²) in [6, 6.07) is 16.5. The average Bonchev–Trinajstić information content (AvgIpc) is 2.33. The molecule has 0 radical (unpaired) electrons. The molecular weight excluding hydrogens is 284 g/mol. The summed E-state index contributed by atoms with van der Waals surface area (Å²) in [7, 11) is 0. The molecule has 0 fully saturated rings. The van der Waals surface area contributed by atoms with E-state index in [-0.39, 0.29) is 4.83 Å². The maximum absolute atomic E-state index is 6.02. The van der Waals surface area contributed by atoms with Crippen molar-refractivity contribution in [3.63, 3.8) is 0 Å². The SMILES string of the molecule is Cc1cc(C(Br)c2ccccc2)ccc1Cl. The predicted octanol–water partition coefficient (Wildman–Crippen LogP) is 5.13. The maximum atomic E-state index is 6.02. The lowest BCUT2D eigenvalue weighted by Crippen LogP contribution is -1.93. The molecule has 0 aliphatic carbocycles. The van der Waals surface area contributed by atoms with Crippen molar-refractivity contribution in [1.29, 1.82) is 0 Å². The van der Waals surface area contributed by atoms with Crippen LogP contribution in [0.5, 0.6) is 0 Å². The van der Waals surface area contributed by atoms with E-state index in [9.17, 15) is 0 Å². The number of hydrogen-bond acceptors (Lipinski definition) is 0. The molecule has 0 bridgehead atoms. The van der Waals surface area contributed by atoms with Crippen LogP contribution in [0.2, 0.25) is 5.02 Å². The van der Waals surface area contributed by atoms with Crippen LogP contribution in [0.1, 0.15) is 21.5 Å². The Labute approximate surface area is 109 Å². The molecule has 0 aliphatic rings. The third-order valence-electron chi connectivity index (χ3n) is 2.57. The van der Waals surface area contributed by atoms with E-state index in [4.69, 9.17) is 11.6 Å². The summed E-state index contributed by atoms with van der Waals surface area (Å²) >= 11 is 9.73. The molecule has 16 heavy (non-hydrogen) atoms. The fourth-order valence-electron chi connectivity index (χ4n) is 1.64. The maximum Gasteiger partial charge on any atom is 0.0644 e. The van der Waals surface area contributed by atoms with Crippen molar-refractivity contribution in [1.82, 2.24) is 0 Å². The average molecular weight is 296 g/mol. The molecule has 2 rings (SSSR count). The van der Waals surface area contributed by atoms with Gasteiger partial charge in [0.15, 0.2) is 0 Å². The van der Waals surface area contributed by atoms with Gasteiger partial charge in [-0.2, -0.15) is 0 Å². The summed E-state index contributed by atoms with van der Waals surface area (Å²) in [6.07, 6.45) is 0. The van der Waals surface area contributed by atoms with Gasteiger partial charge >= 0.3 is 0 Å². The van der Waals surface area contributed by atoms with Crippen LogP contribution in [0.25, 0.3) is 0 Å². The third-order valence-corrected chi connectivity index (χ3v) is 4.05. The van der Waals surface area contributed by atoms with Crippen LogP contribution in [0.3, 0.4) is 0 Å². The van der Waals surface area contributed by atoms with Crippen LogP contribution in [-0.4, -0.2) is 0 Å². The van der Waals surface area contributed by atoms with Crippen molar-refractivity contribution >= 4 is 27.5 Å². The van der Waals surface area contributed by atoms with E-state index in [1.165, 1.54) is 11.1 Å². The van der Waals surface area contributed by atoms with Crippen molar-refractivity contribution in [3.05, 3.63) is 70.2 Å². The fourth-order valence-corrected chi connectivity index (χ4v) is 2.35. The standard InChI is InChI=1S/C14H12BrCl/c1-10-9-12(7-8-13(10)16)14(15)11-5-3-2-4-6-11/h2-9,14H,1H3. The summed E-state index contributed by atoms with van der Waals surface area (Å²) in [4.78, 5) is 0.227. The van der Waals surface area contributed by atoms with Gasteiger partial charge in [-0.25, -0.2) is 0 Å². The first-order chi connectivity index (χ1) is 7.68. The molecule has 0 nitrogen and oxygen atoms in total. The van der Waals surface area contributed by atoms with E-state index in [0.717, 1.165) is 10.6 Å². The highest BCUT2D eigenvalue weighted by Gasteiger charge is 2.10. The van der Waals surface area contributed by atoms with E-state index < -0.39 is 0 Å². The minimum absolute atomic E-state index is 0.227. The van der Waals surface area contributed by atoms with Crippen molar-refractivity contribution in [2.75, 3.05) is 0 Å². The van der Waals surface area contributed by atoms with E-state index >= 15 is 0 Å². The molecule has 0 N–H and O–H groups in total. The van der Waals surface area contributed by atoms with Gasteiger partial charge < -0.3 is 0 Å². The van der Waals surface area contributed by atoms with Gasteiger partial charge in [0.25, 0.3) is 0 Å². The molecule has 82 valence electrons. The van der Waals surface area contributed by atoms with Crippen molar-refractivity contribution in [2.45, 2.75) is 11.8 Å². The lowest BCUT2D eigenvalue weighted by Gasteiger charge is -2.11. The first-order valence-corrected chi connectivity index (χ1v) is 6.43. The minimum atomic E-state index is 0.227. The van der Waals surface area contributed by atoms with E-state index in [2.05, 4.69) is 40.2 Å². The fraction of sp³-hybridized carbons (Fsp3) is 0.143. The Bertz CT molecular complexity index is 479. The summed E-state index contributed by atoms with van der Waals surface area (Å²) in [6.45, 7) is 2.02. The molecule has 0 saturated heterocycles. The number of rotatable bonds is 2. The quantitative estimate of drug-likeness (QED) is 0.674. The largest absolute Gasteiger partial charge is 0.0841 e. The number of benzene rings is 2. The first-order valence-electron chi connectivity index (χ1n) is 5.13. The van der Waals surface area contributed by atoms with E-state index in [1.807, 2.05) is 31.2 Å². The van der Waals surface area contributed by atoms with Crippen LogP contribution >= 0.6 is 27.5 Å². The second kappa shape index (κ2) is 5.03. The van der Waals surface area contributed by atoms with Crippen molar-refractivity contribution in [2.24, 2.45) is 0 Å². The molecule has 2 aromatic rings. The van der Waals surface area contributed by atoms with Gasteiger partial charge in [-0.1, -0.05) is 70.0 Å². The van der Waals surface area contributed by atoms with Gasteiger partial charge in [-0.05, 0) is 29.7 Å². The second-order valence-electron chi connectivity index (χ2n) is 3.78. The van der Waals surface area contributed by atoms with E-state index in [0.29, 0.717) is 0 Å². The molecule has 0 aromatic heterocycles. The molecule has 0 spiro atoms. The molecule has 0 heterocycles. The summed E-state index contributed by atoms with van der Waals surface area (Å²) in [5.74, 6) is 0. The van der Waals surface area contributed by atoms with Gasteiger partial charge in [0.05, 0.1) is 4.83 Å². The van der Waals surface area contributed by atoms with Crippen LogP contribution in [0.15, 0.2) is 48.5 Å². The minimum Gasteiger partial charge on any atom is -0.0841 e. The Kier molecular flexibility index (Phi) is 3.67. The Morgan fingerprint density at radius 1 is 1.00 bits per heavy atom. The summed E-state index contributed by atoms with van der Waals surface area (Å²) in [5.41, 5.74) is 3.59. The van der Waals surface area contributed by atoms with Gasteiger partial charge in [0, 0.05) is 5.02 Å². The van der Waals surface area contributed by atoms with Gasteiger partial charge in [-0.3, -0.25) is 0 Å². The highest BCUT2D eigenvalue weighted by atomic mass is 79.9. The molecule has 0 aliphatic heterocycles. The molecular formula is C14H12BrCl. The van der Waals surface area contributed by atoms with Gasteiger partial charge in [-0.15, -0.1) is 0 Å². The topological polar surface area (TPSA) is 0 Å². The summed E-state index contributed by atoms with van der Waals surface area (Å²) in [5, 5.41) is 0.816. The third kappa shape index (κ3) is 2.47. The van der Waals surface area contributed by atoms with Crippen LogP contribution in [0.4, 0.5) is 0 Å². The van der Waals surface area contributed by atoms with Gasteiger partial charge in [0.1, 0.15) is 0 Å². The molecule has 1 atom stereocenters. The number of hydrogen-bond donors (Lipinski definition) is 0. The first kappa shape index (κ1) is 11.7. The molecule has 0 saturated carbocycles. The number of halogens is 2. The number of alkyl halides is 1. The Morgan fingerprint density at radius 3 is 2.31 bits per heavy atom. The molecule has 0 amide bonds. The summed E-state index contributed by atoms with van der Waals surface area (Å²) < 4.78 is 0. The lowest BCUT2D eigenvalue weighted by atomic mass is 10.0. The monoisotopic (exact) mass is 294 g/mol. The van der Waals surface area contributed by atoms with Gasteiger partial charge in [0.2, 0.25) is 0 Å². The Balaban J connectivity index is 2.34. The number of aryl methyl sites for hydroxylation is 1. The zero-order chi connectivity index (χ0) is 11.5. The Hall–Kier alpha value is -0.790. The second-order valence-corrected chi connectivity index (χ2v) is 5.10. The lowest BCUT2D eigenvalue weighted by molar-refractivity contribution is 1.17. The zero-order valence-electron chi connectivity index (χ0n) is 8.95. The predicted molar refractivity (Wildman–Crippen MR) is 73.4 cm³/mol. The van der Waals surface area contributed by atoms with Crippen molar-refractivity contribution < 1.29 is 0 Å². The smallest absolute Gasteiger partial charge is 0.0644 e. The van der Waals surface area contributed by atoms with E-state index in [1.54, 1.807) is 0 Å².